The average Bonchev–Trinajstić information content (AvgIpc) is 2.65. The molecule has 1 fully saturated rings. The van der Waals surface area contributed by atoms with E-state index < -0.39 is 0 Å². The van der Waals surface area contributed by atoms with Crippen LogP contribution in [0.2, 0.25) is 0 Å². The van der Waals surface area contributed by atoms with Crippen LogP contribution in [-0.2, 0) is 12.6 Å². The topological polar surface area (TPSA) is 43.8 Å². The van der Waals surface area contributed by atoms with Crippen LogP contribution in [0.15, 0.2) is 24.3 Å². The summed E-state index contributed by atoms with van der Waals surface area (Å²) < 4.78 is 2.15. The van der Waals surface area contributed by atoms with E-state index in [1.54, 1.807) is 0 Å². The van der Waals surface area contributed by atoms with E-state index >= 15 is 0 Å². The molecule has 3 nitrogen and oxygen atoms in total. The maximum absolute atomic E-state index is 6.39. The van der Waals surface area contributed by atoms with Gasteiger partial charge in [0.25, 0.3) is 0 Å². The number of fused-ring (bicyclic) bond motifs is 1. The molecule has 1 aliphatic rings. The Hall–Kier alpha value is -1.61. The van der Waals surface area contributed by atoms with Gasteiger partial charge in [0.15, 0.2) is 0 Å². The highest BCUT2D eigenvalue weighted by atomic mass is 15.1. The van der Waals surface area contributed by atoms with Crippen molar-refractivity contribution in [1.29, 1.82) is 0 Å². The van der Waals surface area contributed by atoms with Crippen molar-refractivity contribution in [2.45, 2.75) is 31.7 Å². The molecule has 0 unspecified atom stereocenters. The quantitative estimate of drug-likeness (QED) is 0.878. The first-order chi connectivity index (χ1) is 8.64. The van der Waals surface area contributed by atoms with E-state index in [2.05, 4.69) is 42.0 Å². The number of aromatic nitrogens is 2. The number of rotatable bonds is 2. The van der Waals surface area contributed by atoms with Gasteiger partial charge in [-0.15, -0.1) is 0 Å². The third kappa shape index (κ3) is 1.58. The highest BCUT2D eigenvalue weighted by Gasteiger charge is 2.38. The number of hydrogen-bond acceptors (Lipinski definition) is 2. The molecule has 3 heteroatoms. The van der Waals surface area contributed by atoms with Gasteiger partial charge in [0.1, 0.15) is 5.82 Å². The zero-order chi connectivity index (χ0) is 12.8. The van der Waals surface area contributed by atoms with Crippen LogP contribution >= 0.6 is 0 Å². The Morgan fingerprint density at radius 2 is 2.17 bits per heavy atom. The Morgan fingerprint density at radius 3 is 2.78 bits per heavy atom. The van der Waals surface area contributed by atoms with Crippen LogP contribution in [0.25, 0.3) is 17.1 Å². The standard InChI is InChI=1S/C15H19N3/c1-3-5-11-6-7-12-13(10-11)18(2)14(17-12)15(16)8-4-9-15/h3,5-7,10H,4,8-9,16H2,1-2H3/b5-3+. The maximum atomic E-state index is 6.39. The van der Waals surface area contributed by atoms with Crippen molar-refractivity contribution in [3.05, 3.63) is 35.7 Å². The molecule has 1 aromatic carbocycles. The molecule has 94 valence electrons. The van der Waals surface area contributed by atoms with Gasteiger partial charge in [0, 0.05) is 7.05 Å². The van der Waals surface area contributed by atoms with Crippen molar-refractivity contribution < 1.29 is 0 Å². The second-order valence-corrected chi connectivity index (χ2v) is 5.25. The molecule has 2 aromatic rings. The lowest BCUT2D eigenvalue weighted by atomic mass is 9.77. The number of hydrogen-bond donors (Lipinski definition) is 1. The van der Waals surface area contributed by atoms with E-state index in [-0.39, 0.29) is 5.54 Å². The first-order valence-corrected chi connectivity index (χ1v) is 6.52. The summed E-state index contributed by atoms with van der Waals surface area (Å²) >= 11 is 0. The van der Waals surface area contributed by atoms with Crippen molar-refractivity contribution in [1.82, 2.24) is 9.55 Å². The van der Waals surface area contributed by atoms with Crippen LogP contribution in [0, 0.1) is 0 Å². The molecule has 0 radical (unpaired) electrons. The SMILES string of the molecule is C/C=C/c1ccc2nc(C3(N)CCC3)n(C)c2c1. The highest BCUT2D eigenvalue weighted by Crippen LogP contribution is 2.39. The van der Waals surface area contributed by atoms with E-state index in [9.17, 15) is 0 Å². The Bertz CT molecular complexity index is 618. The van der Waals surface area contributed by atoms with E-state index in [1.807, 2.05) is 6.92 Å². The summed E-state index contributed by atoms with van der Waals surface area (Å²) in [6.45, 7) is 2.03. The minimum Gasteiger partial charge on any atom is -0.330 e. The highest BCUT2D eigenvalue weighted by molar-refractivity contribution is 5.79. The molecule has 18 heavy (non-hydrogen) atoms. The van der Waals surface area contributed by atoms with Crippen molar-refractivity contribution in [2.24, 2.45) is 12.8 Å². The van der Waals surface area contributed by atoms with Crippen LogP contribution in [0.1, 0.15) is 37.6 Å². The molecule has 0 saturated heterocycles. The number of nitrogens with zero attached hydrogens (tertiary/aromatic N) is 2. The zero-order valence-corrected chi connectivity index (χ0v) is 11.0. The summed E-state index contributed by atoms with van der Waals surface area (Å²) in [6, 6.07) is 6.35. The molecular weight excluding hydrogens is 222 g/mol. The van der Waals surface area contributed by atoms with Crippen LogP contribution in [0.4, 0.5) is 0 Å². The van der Waals surface area contributed by atoms with Gasteiger partial charge in [-0.3, -0.25) is 0 Å². The van der Waals surface area contributed by atoms with Gasteiger partial charge in [-0.05, 0) is 43.9 Å². The summed E-state index contributed by atoms with van der Waals surface area (Å²) in [5, 5.41) is 0. The molecule has 1 aromatic heterocycles. The first-order valence-electron chi connectivity index (χ1n) is 6.52. The minimum absolute atomic E-state index is 0.200. The summed E-state index contributed by atoms with van der Waals surface area (Å²) in [6.07, 6.45) is 7.46. The second-order valence-electron chi connectivity index (χ2n) is 5.25. The third-order valence-corrected chi connectivity index (χ3v) is 3.96. The van der Waals surface area contributed by atoms with Crippen LogP contribution < -0.4 is 5.73 Å². The molecule has 1 aliphatic carbocycles. The molecule has 3 rings (SSSR count). The van der Waals surface area contributed by atoms with E-state index in [0.717, 1.165) is 29.7 Å². The summed E-state index contributed by atoms with van der Waals surface area (Å²) in [7, 11) is 2.07. The lowest BCUT2D eigenvalue weighted by molar-refractivity contribution is 0.234. The van der Waals surface area contributed by atoms with Gasteiger partial charge in [-0.1, -0.05) is 18.2 Å². The number of imidazole rings is 1. The Balaban J connectivity index is 2.16. The monoisotopic (exact) mass is 241 g/mol. The van der Waals surface area contributed by atoms with Crippen LogP contribution in [-0.4, -0.2) is 9.55 Å². The summed E-state index contributed by atoms with van der Waals surface area (Å²) in [5.41, 5.74) is 9.60. The van der Waals surface area contributed by atoms with Gasteiger partial charge in [-0.2, -0.15) is 0 Å². The van der Waals surface area contributed by atoms with Crippen molar-refractivity contribution in [2.75, 3.05) is 0 Å². The maximum Gasteiger partial charge on any atom is 0.129 e. The number of nitrogens with two attached hydrogens (primary N) is 1. The van der Waals surface area contributed by atoms with E-state index in [1.165, 1.54) is 12.0 Å². The van der Waals surface area contributed by atoms with E-state index in [0.29, 0.717) is 0 Å². The Kier molecular flexibility index (Phi) is 2.52. The van der Waals surface area contributed by atoms with Crippen molar-refractivity contribution in [3.63, 3.8) is 0 Å². The molecule has 0 spiro atoms. The zero-order valence-electron chi connectivity index (χ0n) is 11.0. The van der Waals surface area contributed by atoms with Crippen molar-refractivity contribution >= 4 is 17.1 Å². The molecular formula is C15H19N3. The molecule has 0 atom stereocenters. The predicted molar refractivity (Wildman–Crippen MR) is 75.1 cm³/mol. The van der Waals surface area contributed by atoms with Crippen molar-refractivity contribution in [3.8, 4) is 0 Å². The van der Waals surface area contributed by atoms with Crippen LogP contribution in [0.5, 0.6) is 0 Å². The van der Waals surface area contributed by atoms with Crippen LogP contribution in [0.3, 0.4) is 0 Å². The lowest BCUT2D eigenvalue weighted by Crippen LogP contribution is -2.45. The second kappa shape index (κ2) is 3.95. The van der Waals surface area contributed by atoms with Gasteiger partial charge in [0.2, 0.25) is 0 Å². The number of benzene rings is 1. The Labute approximate surface area is 107 Å². The Morgan fingerprint density at radius 1 is 1.39 bits per heavy atom. The van der Waals surface area contributed by atoms with Gasteiger partial charge in [-0.25, -0.2) is 4.98 Å². The fourth-order valence-corrected chi connectivity index (χ4v) is 2.73. The fourth-order valence-electron chi connectivity index (χ4n) is 2.73. The number of allylic oxidation sites excluding steroid dienone is 1. The summed E-state index contributed by atoms with van der Waals surface area (Å²) in [4.78, 5) is 4.72. The van der Waals surface area contributed by atoms with Gasteiger partial charge in [0.05, 0.1) is 16.6 Å². The largest absolute Gasteiger partial charge is 0.330 e. The number of aryl methyl sites for hydroxylation is 1. The first kappa shape index (κ1) is 11.5. The molecule has 0 bridgehead atoms. The molecule has 2 N–H and O–H groups in total. The minimum atomic E-state index is -0.200. The average molecular weight is 241 g/mol. The predicted octanol–water partition coefficient (Wildman–Crippen LogP) is 2.94. The molecule has 0 amide bonds. The molecule has 1 saturated carbocycles. The third-order valence-electron chi connectivity index (χ3n) is 3.96. The van der Waals surface area contributed by atoms with E-state index in [4.69, 9.17) is 10.7 Å². The fraction of sp³-hybridized carbons (Fsp3) is 0.400. The molecule has 0 aliphatic heterocycles. The smallest absolute Gasteiger partial charge is 0.129 e. The molecule has 1 heterocycles. The van der Waals surface area contributed by atoms with Gasteiger partial charge >= 0.3 is 0 Å². The van der Waals surface area contributed by atoms with Gasteiger partial charge < -0.3 is 10.3 Å². The summed E-state index contributed by atoms with van der Waals surface area (Å²) in [5.74, 6) is 1.03. The lowest BCUT2D eigenvalue weighted by Gasteiger charge is -2.37. The normalized spacial score (nSPS) is 18.4.